The molecule has 5 rings (SSSR count). The van der Waals surface area contributed by atoms with E-state index in [0.29, 0.717) is 5.75 Å². The van der Waals surface area contributed by atoms with Crippen LogP contribution in [0.3, 0.4) is 0 Å². The molecule has 0 amide bonds. The SMILES string of the molecule is COc1ccc(/C(=C\C=C\c2ccc(N(c3ccc(C)cc3)c3ccc(C)cc3)cc2)c2ccc(OC(=O)OCC(C)=O)cc2)cc1. The van der Waals surface area contributed by atoms with Crippen molar-refractivity contribution in [2.75, 3.05) is 18.6 Å². The molecule has 0 radical (unpaired) electrons. The van der Waals surface area contributed by atoms with Crippen molar-refractivity contribution in [3.05, 3.63) is 161 Å². The minimum Gasteiger partial charge on any atom is -0.497 e. The van der Waals surface area contributed by atoms with Gasteiger partial charge in [0.2, 0.25) is 0 Å². The Bertz CT molecular complexity index is 1810. The standard InChI is InChI=1S/C41H37NO5/c1-29-8-18-35(19-9-29)42(36-20-10-30(2)11-21-36)37-22-12-32(13-23-37)6-5-7-40(33-14-24-38(45-4)25-15-33)34-16-26-39(27-17-34)47-41(44)46-28-31(3)43/h5-27H,28H2,1-4H3/b6-5+,40-7+. The normalized spacial score (nSPS) is 11.3. The van der Waals surface area contributed by atoms with E-state index in [0.717, 1.165) is 45.1 Å². The van der Waals surface area contributed by atoms with Gasteiger partial charge < -0.3 is 19.1 Å². The average molecular weight is 624 g/mol. The maximum absolute atomic E-state index is 11.9. The van der Waals surface area contributed by atoms with E-state index < -0.39 is 6.16 Å². The molecule has 0 N–H and O–H groups in total. The molecule has 0 aliphatic rings. The molecule has 47 heavy (non-hydrogen) atoms. The lowest BCUT2D eigenvalue weighted by molar-refractivity contribution is -0.120. The Morgan fingerprint density at radius 2 is 1.11 bits per heavy atom. The fourth-order valence-corrected chi connectivity index (χ4v) is 4.94. The molecular formula is C41H37NO5. The van der Waals surface area contributed by atoms with Crippen LogP contribution in [0.1, 0.15) is 34.7 Å². The van der Waals surface area contributed by atoms with Gasteiger partial charge in [0.05, 0.1) is 7.11 Å². The smallest absolute Gasteiger partial charge is 0.497 e. The molecule has 0 saturated carbocycles. The maximum atomic E-state index is 11.9. The molecule has 0 aliphatic carbocycles. The summed E-state index contributed by atoms with van der Waals surface area (Å²) in [6.45, 7) is 5.20. The van der Waals surface area contributed by atoms with Gasteiger partial charge in [0.25, 0.3) is 0 Å². The van der Waals surface area contributed by atoms with E-state index >= 15 is 0 Å². The molecule has 0 saturated heterocycles. The van der Waals surface area contributed by atoms with Crippen LogP contribution in [0.5, 0.6) is 11.5 Å². The summed E-state index contributed by atoms with van der Waals surface area (Å²) in [5.41, 5.74) is 9.63. The first-order valence-electron chi connectivity index (χ1n) is 15.3. The predicted molar refractivity (Wildman–Crippen MR) is 189 cm³/mol. The van der Waals surface area contributed by atoms with E-state index in [1.54, 1.807) is 19.2 Å². The van der Waals surface area contributed by atoms with E-state index in [2.05, 4.69) is 104 Å². The number of hydrogen-bond acceptors (Lipinski definition) is 6. The third-order valence-electron chi connectivity index (χ3n) is 7.45. The van der Waals surface area contributed by atoms with Gasteiger partial charge in [-0.05, 0) is 104 Å². The Kier molecular flexibility index (Phi) is 10.7. The molecule has 5 aromatic carbocycles. The van der Waals surface area contributed by atoms with Gasteiger partial charge in [-0.3, -0.25) is 4.79 Å². The Morgan fingerprint density at radius 3 is 1.57 bits per heavy atom. The van der Waals surface area contributed by atoms with Crippen molar-refractivity contribution in [3.8, 4) is 11.5 Å². The number of methoxy groups -OCH3 is 1. The Balaban J connectivity index is 1.39. The molecule has 0 aromatic heterocycles. The van der Waals surface area contributed by atoms with Crippen LogP contribution in [-0.2, 0) is 9.53 Å². The number of rotatable bonds is 11. The number of anilines is 3. The second-order valence-electron chi connectivity index (χ2n) is 11.1. The van der Waals surface area contributed by atoms with Crippen LogP contribution in [0, 0.1) is 13.8 Å². The van der Waals surface area contributed by atoms with Crippen LogP contribution in [0.4, 0.5) is 21.9 Å². The average Bonchev–Trinajstić information content (AvgIpc) is 3.09. The third-order valence-corrected chi connectivity index (χ3v) is 7.45. The van der Waals surface area contributed by atoms with E-state index in [-0.39, 0.29) is 12.4 Å². The van der Waals surface area contributed by atoms with Gasteiger partial charge in [0.1, 0.15) is 11.5 Å². The van der Waals surface area contributed by atoms with Gasteiger partial charge in [0, 0.05) is 17.1 Å². The second-order valence-corrected chi connectivity index (χ2v) is 11.1. The van der Waals surface area contributed by atoms with Crippen molar-refractivity contribution in [3.63, 3.8) is 0 Å². The topological polar surface area (TPSA) is 65.1 Å². The lowest BCUT2D eigenvalue weighted by Gasteiger charge is -2.25. The Morgan fingerprint density at radius 1 is 0.638 bits per heavy atom. The van der Waals surface area contributed by atoms with E-state index in [1.807, 2.05) is 42.5 Å². The fraction of sp³-hybridized carbons (Fsp3) is 0.122. The van der Waals surface area contributed by atoms with Crippen molar-refractivity contribution in [2.24, 2.45) is 0 Å². The number of nitrogens with zero attached hydrogens (tertiary/aromatic N) is 1. The number of benzene rings is 5. The second kappa shape index (κ2) is 15.4. The molecule has 0 atom stereocenters. The lowest BCUT2D eigenvalue weighted by Crippen LogP contribution is -2.15. The van der Waals surface area contributed by atoms with E-state index in [4.69, 9.17) is 14.2 Å². The molecule has 0 spiro atoms. The van der Waals surface area contributed by atoms with Crippen molar-refractivity contribution in [1.29, 1.82) is 0 Å². The minimum atomic E-state index is -0.923. The molecule has 0 heterocycles. The molecule has 0 bridgehead atoms. The van der Waals surface area contributed by atoms with Crippen LogP contribution < -0.4 is 14.4 Å². The molecule has 0 fully saturated rings. The van der Waals surface area contributed by atoms with Crippen LogP contribution in [0.15, 0.2) is 133 Å². The van der Waals surface area contributed by atoms with Crippen molar-refractivity contribution < 1.29 is 23.8 Å². The monoisotopic (exact) mass is 623 g/mol. The molecular weight excluding hydrogens is 586 g/mol. The molecule has 6 heteroatoms. The van der Waals surface area contributed by atoms with Crippen molar-refractivity contribution in [1.82, 2.24) is 0 Å². The van der Waals surface area contributed by atoms with Crippen LogP contribution in [-0.4, -0.2) is 25.7 Å². The summed E-state index contributed by atoms with van der Waals surface area (Å²) in [7, 11) is 1.64. The number of aryl methyl sites for hydroxylation is 2. The zero-order valence-electron chi connectivity index (χ0n) is 27.0. The first-order valence-corrected chi connectivity index (χ1v) is 15.3. The van der Waals surface area contributed by atoms with Crippen LogP contribution in [0.25, 0.3) is 11.6 Å². The highest BCUT2D eigenvalue weighted by atomic mass is 16.7. The molecule has 0 aliphatic heterocycles. The zero-order valence-corrected chi connectivity index (χ0v) is 27.0. The highest BCUT2D eigenvalue weighted by molar-refractivity contribution is 5.83. The maximum Gasteiger partial charge on any atom is 0.514 e. The molecule has 5 aromatic rings. The number of carbonyl (C=O) groups is 2. The summed E-state index contributed by atoms with van der Waals surface area (Å²) in [5, 5.41) is 0. The van der Waals surface area contributed by atoms with Crippen LogP contribution in [0.2, 0.25) is 0 Å². The number of hydrogen-bond donors (Lipinski definition) is 0. The van der Waals surface area contributed by atoms with Gasteiger partial charge in [-0.15, -0.1) is 0 Å². The molecule has 0 unspecified atom stereocenters. The first kappa shape index (κ1) is 32.5. The van der Waals surface area contributed by atoms with E-state index in [9.17, 15) is 9.59 Å². The zero-order chi connectivity index (χ0) is 33.2. The van der Waals surface area contributed by atoms with Gasteiger partial charge >= 0.3 is 6.16 Å². The first-order chi connectivity index (χ1) is 22.8. The highest BCUT2D eigenvalue weighted by Crippen LogP contribution is 2.35. The summed E-state index contributed by atoms with van der Waals surface area (Å²) in [6, 6.07) is 40.6. The summed E-state index contributed by atoms with van der Waals surface area (Å²) in [5.74, 6) is 0.821. The van der Waals surface area contributed by atoms with Gasteiger partial charge in [-0.25, -0.2) is 4.79 Å². The number of ketones is 1. The highest BCUT2D eigenvalue weighted by Gasteiger charge is 2.13. The van der Waals surface area contributed by atoms with Gasteiger partial charge in [-0.1, -0.05) is 90.0 Å². The Labute approximate surface area is 276 Å². The Hall–Kier alpha value is -5.88. The number of ether oxygens (including phenoxy) is 3. The lowest BCUT2D eigenvalue weighted by atomic mass is 9.97. The van der Waals surface area contributed by atoms with E-state index in [1.165, 1.54) is 18.1 Å². The van der Waals surface area contributed by atoms with Crippen LogP contribution >= 0.6 is 0 Å². The number of allylic oxidation sites excluding steroid dienone is 2. The summed E-state index contributed by atoms with van der Waals surface area (Å²) >= 11 is 0. The molecule has 6 nitrogen and oxygen atoms in total. The largest absolute Gasteiger partial charge is 0.514 e. The van der Waals surface area contributed by atoms with Crippen molar-refractivity contribution >= 4 is 40.6 Å². The minimum absolute atomic E-state index is 0.262. The fourth-order valence-electron chi connectivity index (χ4n) is 4.94. The van der Waals surface area contributed by atoms with Crippen molar-refractivity contribution in [2.45, 2.75) is 20.8 Å². The predicted octanol–water partition coefficient (Wildman–Crippen LogP) is 10.0. The summed E-state index contributed by atoms with van der Waals surface area (Å²) in [6.07, 6.45) is 5.22. The summed E-state index contributed by atoms with van der Waals surface area (Å²) < 4.78 is 15.4. The van der Waals surface area contributed by atoms with Gasteiger partial charge in [0.15, 0.2) is 12.4 Å². The number of Topliss-reactive ketones (excluding diaryl/α,β-unsaturated/α-hetero) is 1. The molecule has 236 valence electrons. The quantitative estimate of drug-likeness (QED) is 0.0829. The number of carbonyl (C=O) groups excluding carboxylic acids is 2. The summed E-state index contributed by atoms with van der Waals surface area (Å²) in [4.78, 5) is 25.2. The van der Waals surface area contributed by atoms with Gasteiger partial charge in [-0.2, -0.15) is 0 Å². The third kappa shape index (κ3) is 8.86.